The van der Waals surface area contributed by atoms with Gasteiger partial charge in [0.1, 0.15) is 18.8 Å². The second-order valence-corrected chi connectivity index (χ2v) is 6.80. The molecule has 2 aromatic carbocycles. The average Bonchev–Trinajstić information content (AvgIpc) is 2.99. The molecule has 0 atom stereocenters. The van der Waals surface area contributed by atoms with Crippen molar-refractivity contribution in [3.05, 3.63) is 48.5 Å². The number of nitrogens with zero attached hydrogens (tertiary/aromatic N) is 1. The van der Waals surface area contributed by atoms with Crippen molar-refractivity contribution in [3.8, 4) is 16.9 Å². The highest BCUT2D eigenvalue weighted by Gasteiger charge is 2.66. The first-order valence-electron chi connectivity index (χ1n) is 8.13. The maximum Gasteiger partial charge on any atom is 0.614 e. The van der Waals surface area contributed by atoms with Gasteiger partial charge in [-0.15, -0.1) is 0 Å². The number of carbonyl (C=O) groups is 2. The summed E-state index contributed by atoms with van der Waals surface area (Å²) in [7, 11) is 3.45. The molecule has 2 fully saturated rings. The van der Waals surface area contributed by atoms with Gasteiger partial charge in [-0.05, 0) is 28.7 Å². The van der Waals surface area contributed by atoms with E-state index in [4.69, 9.17) is 14.0 Å². The molecule has 0 aromatic heterocycles. The number of benzene rings is 2. The summed E-state index contributed by atoms with van der Waals surface area (Å²) in [6.45, 7) is -1.93. The number of rotatable bonds is 3. The van der Waals surface area contributed by atoms with Crippen LogP contribution in [-0.4, -0.2) is 50.3 Å². The third-order valence-electron chi connectivity index (χ3n) is 5.11. The molecular formula is C18H18BNO5. The zero-order valence-corrected chi connectivity index (χ0v) is 14.1. The second-order valence-electron chi connectivity index (χ2n) is 6.80. The molecule has 7 heteroatoms. The predicted octanol–water partition coefficient (Wildman–Crippen LogP) is 1.07. The maximum atomic E-state index is 11.9. The number of hydrogen-bond acceptors (Lipinski definition) is 5. The molecule has 2 aromatic rings. The van der Waals surface area contributed by atoms with E-state index in [2.05, 4.69) is 0 Å². The molecule has 0 spiro atoms. The summed E-state index contributed by atoms with van der Waals surface area (Å²) < 4.78 is 16.5. The van der Waals surface area contributed by atoms with Crippen LogP contribution in [0.5, 0.6) is 5.75 Å². The lowest BCUT2D eigenvalue weighted by Crippen LogP contribution is -2.67. The standard InChI is InChI=1S/C18H18BNO5/c1-20-11-17(21)24-19(20,25-18(22)12-20)15-5-3-4-14(10-15)13-6-8-16(23-2)9-7-13/h3-10H,11-12H2,1-2H3. The molecular weight excluding hydrogens is 321 g/mol. The molecule has 0 saturated carbocycles. The summed E-state index contributed by atoms with van der Waals surface area (Å²) in [4.78, 5) is 23.9. The fourth-order valence-corrected chi connectivity index (χ4v) is 3.82. The Bertz CT molecular complexity index is 844. The number of hydrogen-bond donors (Lipinski definition) is 0. The summed E-state index contributed by atoms with van der Waals surface area (Å²) in [5, 5.41) is 0. The van der Waals surface area contributed by atoms with Crippen molar-refractivity contribution < 1.29 is 28.0 Å². The van der Waals surface area contributed by atoms with Crippen LogP contribution in [-0.2, 0) is 18.9 Å². The minimum Gasteiger partial charge on any atom is -0.596 e. The molecule has 0 radical (unpaired) electrons. The van der Waals surface area contributed by atoms with Crippen molar-refractivity contribution in [2.24, 2.45) is 0 Å². The smallest absolute Gasteiger partial charge is 0.596 e. The lowest BCUT2D eigenvalue weighted by molar-refractivity contribution is -0.791. The van der Waals surface area contributed by atoms with Crippen molar-refractivity contribution in [3.63, 3.8) is 0 Å². The Kier molecular flexibility index (Phi) is 3.37. The van der Waals surface area contributed by atoms with Crippen molar-refractivity contribution in [2.75, 3.05) is 27.2 Å². The highest BCUT2D eigenvalue weighted by molar-refractivity contribution is 6.79. The Morgan fingerprint density at radius 2 is 1.60 bits per heavy atom. The minimum atomic E-state index is -2.20. The van der Waals surface area contributed by atoms with E-state index in [1.807, 2.05) is 55.6 Å². The van der Waals surface area contributed by atoms with E-state index in [0.717, 1.165) is 16.9 Å². The molecule has 25 heavy (non-hydrogen) atoms. The van der Waals surface area contributed by atoms with Gasteiger partial charge in [0, 0.05) is 7.05 Å². The normalized spacial score (nSPS) is 27.6. The van der Waals surface area contributed by atoms with Crippen LogP contribution in [0.4, 0.5) is 0 Å². The maximum absolute atomic E-state index is 11.9. The Labute approximate surface area is 145 Å². The first-order valence-corrected chi connectivity index (χ1v) is 8.13. The fourth-order valence-electron chi connectivity index (χ4n) is 3.82. The SMILES string of the molecule is COc1ccc(-c2cccc([B-]34OC(=O)C[N+]3(C)CC(=O)O4)c2)cc1. The Balaban J connectivity index is 1.78. The van der Waals surface area contributed by atoms with Gasteiger partial charge in [0.25, 0.3) is 0 Å². The monoisotopic (exact) mass is 339 g/mol. The van der Waals surface area contributed by atoms with Gasteiger partial charge in [0.2, 0.25) is 0 Å². The molecule has 0 unspecified atom stereocenters. The molecule has 128 valence electrons. The molecule has 0 aliphatic carbocycles. The molecule has 2 heterocycles. The van der Waals surface area contributed by atoms with Gasteiger partial charge in [-0.25, -0.2) is 0 Å². The largest absolute Gasteiger partial charge is 0.614 e. The van der Waals surface area contributed by atoms with Gasteiger partial charge in [0.15, 0.2) is 0 Å². The van der Waals surface area contributed by atoms with Gasteiger partial charge in [0.05, 0.1) is 7.11 Å². The van der Waals surface area contributed by atoms with Gasteiger partial charge in [-0.1, -0.05) is 36.4 Å². The summed E-state index contributed by atoms with van der Waals surface area (Å²) in [6.07, 6.45) is 0. The number of likely N-dealkylation sites (N-methyl/N-ethyl adjacent to an activating group) is 1. The van der Waals surface area contributed by atoms with Gasteiger partial charge < -0.3 is 18.4 Å². The number of fused-ring (bicyclic) bond motifs is 1. The Morgan fingerprint density at radius 3 is 2.20 bits per heavy atom. The highest BCUT2D eigenvalue weighted by atomic mass is 16.7. The predicted molar refractivity (Wildman–Crippen MR) is 91.9 cm³/mol. The van der Waals surface area contributed by atoms with Crippen LogP contribution >= 0.6 is 0 Å². The number of carbonyl (C=O) groups excluding carboxylic acids is 2. The number of quaternary nitrogens is 1. The molecule has 2 saturated heterocycles. The van der Waals surface area contributed by atoms with E-state index in [-0.39, 0.29) is 29.4 Å². The summed E-state index contributed by atoms with van der Waals surface area (Å²) in [5.74, 6) is 0.0936. The molecule has 2 aliphatic heterocycles. The summed E-state index contributed by atoms with van der Waals surface area (Å²) >= 11 is 0. The minimum absolute atomic E-state index is 0.137. The Morgan fingerprint density at radius 1 is 0.960 bits per heavy atom. The first kappa shape index (κ1) is 15.7. The van der Waals surface area contributed by atoms with Crippen molar-refractivity contribution in [1.29, 1.82) is 0 Å². The summed E-state index contributed by atoms with van der Waals surface area (Å²) in [6, 6.07) is 15.3. The quantitative estimate of drug-likeness (QED) is 0.783. The van der Waals surface area contributed by atoms with Crippen molar-refractivity contribution >= 4 is 24.1 Å². The molecule has 0 bridgehead atoms. The third kappa shape index (κ3) is 2.31. The van der Waals surface area contributed by atoms with Gasteiger partial charge >= 0.3 is 18.6 Å². The van der Waals surface area contributed by atoms with Gasteiger partial charge in [-0.3, -0.25) is 9.59 Å². The third-order valence-corrected chi connectivity index (χ3v) is 5.11. The van der Waals surface area contributed by atoms with Crippen molar-refractivity contribution in [2.45, 2.75) is 0 Å². The molecule has 0 amide bonds. The number of methoxy groups -OCH3 is 1. The van der Waals surface area contributed by atoms with Crippen LogP contribution in [0.15, 0.2) is 48.5 Å². The van der Waals surface area contributed by atoms with E-state index >= 15 is 0 Å². The number of ether oxygens (including phenoxy) is 1. The van der Waals surface area contributed by atoms with E-state index < -0.39 is 6.69 Å². The van der Waals surface area contributed by atoms with E-state index in [1.165, 1.54) is 0 Å². The van der Waals surface area contributed by atoms with Crippen LogP contribution < -0.4 is 10.2 Å². The van der Waals surface area contributed by atoms with Crippen LogP contribution in [0.3, 0.4) is 0 Å². The van der Waals surface area contributed by atoms with Crippen LogP contribution in [0.25, 0.3) is 11.1 Å². The Hall–Kier alpha value is -2.80. The van der Waals surface area contributed by atoms with E-state index in [0.29, 0.717) is 5.46 Å². The lowest BCUT2D eigenvalue weighted by Gasteiger charge is -2.40. The second kappa shape index (κ2) is 5.36. The zero-order valence-electron chi connectivity index (χ0n) is 14.1. The zero-order chi connectivity index (χ0) is 17.7. The fraction of sp³-hybridized carbons (Fsp3) is 0.222. The molecule has 0 N–H and O–H groups in total. The first-order chi connectivity index (χ1) is 12.0. The summed E-state index contributed by atoms with van der Waals surface area (Å²) in [5.41, 5.74) is 2.67. The topological polar surface area (TPSA) is 61.8 Å². The molecule has 2 aliphatic rings. The van der Waals surface area contributed by atoms with Crippen LogP contribution in [0, 0.1) is 0 Å². The van der Waals surface area contributed by atoms with Crippen LogP contribution in [0.1, 0.15) is 0 Å². The lowest BCUT2D eigenvalue weighted by atomic mass is 9.61. The van der Waals surface area contributed by atoms with Crippen molar-refractivity contribution in [1.82, 2.24) is 0 Å². The molecule has 6 nitrogen and oxygen atoms in total. The van der Waals surface area contributed by atoms with Crippen LogP contribution in [0.2, 0.25) is 0 Å². The highest BCUT2D eigenvalue weighted by Crippen LogP contribution is 2.34. The molecule has 4 rings (SSSR count). The average molecular weight is 339 g/mol. The van der Waals surface area contributed by atoms with E-state index in [9.17, 15) is 9.59 Å². The van der Waals surface area contributed by atoms with E-state index in [1.54, 1.807) is 7.11 Å². The van der Waals surface area contributed by atoms with Gasteiger partial charge in [-0.2, -0.15) is 0 Å².